The molecule has 2 heterocycles. The number of rotatable bonds is 6. The van der Waals surface area contributed by atoms with Gasteiger partial charge in [0.2, 0.25) is 0 Å². The van der Waals surface area contributed by atoms with Crippen molar-refractivity contribution >= 4 is 28.5 Å². The van der Waals surface area contributed by atoms with Crippen molar-refractivity contribution in [1.29, 1.82) is 0 Å². The van der Waals surface area contributed by atoms with Crippen LogP contribution in [0.3, 0.4) is 0 Å². The minimum Gasteiger partial charge on any atom is -0.497 e. The summed E-state index contributed by atoms with van der Waals surface area (Å²) in [5.74, 6) is 1.30. The highest BCUT2D eigenvalue weighted by Gasteiger charge is 2.19. The van der Waals surface area contributed by atoms with E-state index in [9.17, 15) is 9.59 Å². The van der Waals surface area contributed by atoms with E-state index < -0.39 is 5.69 Å². The Bertz CT molecular complexity index is 1390. The molecule has 4 aromatic rings. The number of aryl methyl sites for hydroxylation is 1. The second-order valence-corrected chi connectivity index (χ2v) is 7.58. The zero-order chi connectivity index (χ0) is 22.1. The summed E-state index contributed by atoms with van der Waals surface area (Å²) in [7, 11) is 4.83. The van der Waals surface area contributed by atoms with E-state index in [0.717, 1.165) is 15.8 Å². The van der Waals surface area contributed by atoms with Gasteiger partial charge in [-0.3, -0.25) is 13.9 Å². The smallest absolute Gasteiger partial charge is 0.332 e. The van der Waals surface area contributed by atoms with Crippen LogP contribution in [0.4, 0.5) is 5.69 Å². The molecule has 0 unspecified atom stereocenters. The largest absolute Gasteiger partial charge is 0.497 e. The van der Waals surface area contributed by atoms with Gasteiger partial charge in [0, 0.05) is 14.1 Å². The van der Waals surface area contributed by atoms with E-state index >= 15 is 0 Å². The van der Waals surface area contributed by atoms with Gasteiger partial charge in [-0.2, -0.15) is 0 Å². The predicted octanol–water partition coefficient (Wildman–Crippen LogP) is 2.76. The maximum absolute atomic E-state index is 12.9. The van der Waals surface area contributed by atoms with Gasteiger partial charge in [-0.05, 0) is 29.8 Å². The lowest BCUT2D eigenvalue weighted by atomic mass is 10.2. The zero-order valence-corrected chi connectivity index (χ0v) is 18.2. The number of benzene rings is 2. The van der Waals surface area contributed by atoms with E-state index in [1.165, 1.54) is 11.6 Å². The molecule has 0 fully saturated rings. The quantitative estimate of drug-likeness (QED) is 0.499. The standard InChI is InChI=1S/C22H22ClN5O3/c1-26-18(12-24-17-10-5-4-9-16(17)23)25-20-19(26)21(29)27(2)22(30)28(20)13-14-7-6-8-15(11-14)31-3/h4-11,24H,12-13H2,1-3H3. The van der Waals surface area contributed by atoms with Gasteiger partial charge >= 0.3 is 5.69 Å². The lowest BCUT2D eigenvalue weighted by Crippen LogP contribution is -2.38. The summed E-state index contributed by atoms with van der Waals surface area (Å²) >= 11 is 6.22. The van der Waals surface area contributed by atoms with Gasteiger partial charge in [0.1, 0.15) is 11.6 Å². The maximum Gasteiger partial charge on any atom is 0.332 e. The number of imidazole rings is 1. The number of ether oxygens (including phenoxy) is 1. The van der Waals surface area contributed by atoms with Gasteiger partial charge in [-0.1, -0.05) is 35.9 Å². The van der Waals surface area contributed by atoms with Gasteiger partial charge in [0.25, 0.3) is 5.56 Å². The van der Waals surface area contributed by atoms with E-state index in [2.05, 4.69) is 10.3 Å². The molecule has 0 bridgehead atoms. The van der Waals surface area contributed by atoms with Crippen molar-refractivity contribution in [2.75, 3.05) is 12.4 Å². The molecule has 0 atom stereocenters. The summed E-state index contributed by atoms with van der Waals surface area (Å²) in [5.41, 5.74) is 1.51. The first-order valence-electron chi connectivity index (χ1n) is 9.67. The molecule has 1 N–H and O–H groups in total. The van der Waals surface area contributed by atoms with Crippen LogP contribution < -0.4 is 21.3 Å². The molecular weight excluding hydrogens is 418 g/mol. The number of hydrogen-bond donors (Lipinski definition) is 1. The van der Waals surface area contributed by atoms with E-state index in [-0.39, 0.29) is 12.1 Å². The zero-order valence-electron chi connectivity index (χ0n) is 17.4. The summed E-state index contributed by atoms with van der Waals surface area (Å²) in [6.45, 7) is 0.598. The highest BCUT2D eigenvalue weighted by molar-refractivity contribution is 6.33. The molecule has 0 saturated heterocycles. The second-order valence-electron chi connectivity index (χ2n) is 7.18. The number of nitrogens with one attached hydrogen (secondary N) is 1. The number of aromatic nitrogens is 4. The molecule has 0 aliphatic heterocycles. The van der Waals surface area contributed by atoms with Gasteiger partial charge < -0.3 is 14.6 Å². The van der Waals surface area contributed by atoms with Crippen LogP contribution in [0.5, 0.6) is 5.75 Å². The SMILES string of the molecule is COc1cccc(Cn2c(=O)n(C)c(=O)c3c2nc(CNc2ccccc2Cl)n3C)c1. The lowest BCUT2D eigenvalue weighted by molar-refractivity contribution is 0.414. The molecule has 2 aromatic heterocycles. The Kier molecular flexibility index (Phi) is 5.56. The minimum absolute atomic E-state index is 0.259. The third-order valence-electron chi connectivity index (χ3n) is 5.24. The van der Waals surface area contributed by atoms with E-state index in [1.54, 1.807) is 24.8 Å². The maximum atomic E-state index is 12.9. The highest BCUT2D eigenvalue weighted by atomic mass is 35.5. The highest BCUT2D eigenvalue weighted by Crippen LogP contribution is 2.22. The van der Waals surface area contributed by atoms with Gasteiger partial charge in [0.05, 0.1) is 30.9 Å². The second kappa shape index (κ2) is 8.31. The Labute approximate surface area is 183 Å². The number of methoxy groups -OCH3 is 1. The van der Waals surface area contributed by atoms with Crippen molar-refractivity contribution in [3.05, 3.63) is 85.8 Å². The van der Waals surface area contributed by atoms with Crippen LogP contribution in [0.15, 0.2) is 58.1 Å². The van der Waals surface area contributed by atoms with Gasteiger partial charge in [-0.25, -0.2) is 9.78 Å². The first kappa shape index (κ1) is 20.7. The third-order valence-corrected chi connectivity index (χ3v) is 5.57. The Morgan fingerprint density at radius 3 is 2.58 bits per heavy atom. The molecule has 0 aliphatic rings. The molecule has 0 amide bonds. The Morgan fingerprint density at radius 1 is 1.06 bits per heavy atom. The Hall–Kier alpha value is -3.52. The lowest BCUT2D eigenvalue weighted by Gasteiger charge is -2.10. The number of nitrogens with zero attached hydrogens (tertiary/aromatic N) is 4. The molecule has 2 aromatic carbocycles. The van der Waals surface area contributed by atoms with Crippen molar-refractivity contribution in [1.82, 2.24) is 18.7 Å². The molecule has 0 spiro atoms. The monoisotopic (exact) mass is 439 g/mol. The van der Waals surface area contributed by atoms with Gasteiger partial charge in [0.15, 0.2) is 11.2 Å². The summed E-state index contributed by atoms with van der Waals surface area (Å²) in [6.07, 6.45) is 0. The van der Waals surface area contributed by atoms with Crippen LogP contribution in [0, 0.1) is 0 Å². The average Bonchev–Trinajstić information content (AvgIpc) is 3.11. The Balaban J connectivity index is 1.79. The van der Waals surface area contributed by atoms with Crippen LogP contribution >= 0.6 is 11.6 Å². The van der Waals surface area contributed by atoms with Crippen LogP contribution in [0.2, 0.25) is 5.02 Å². The summed E-state index contributed by atoms with van der Waals surface area (Å²) in [4.78, 5) is 30.4. The van der Waals surface area contributed by atoms with Crippen molar-refractivity contribution < 1.29 is 4.74 Å². The van der Waals surface area contributed by atoms with Crippen molar-refractivity contribution in [3.8, 4) is 5.75 Å². The van der Waals surface area contributed by atoms with E-state index in [0.29, 0.717) is 34.3 Å². The van der Waals surface area contributed by atoms with Crippen molar-refractivity contribution in [3.63, 3.8) is 0 Å². The fourth-order valence-electron chi connectivity index (χ4n) is 3.51. The summed E-state index contributed by atoms with van der Waals surface area (Å²) < 4.78 is 9.60. The molecule has 0 saturated carbocycles. The molecule has 0 radical (unpaired) electrons. The number of para-hydroxylation sites is 1. The van der Waals surface area contributed by atoms with E-state index in [4.69, 9.17) is 16.3 Å². The fourth-order valence-corrected chi connectivity index (χ4v) is 3.71. The van der Waals surface area contributed by atoms with Crippen molar-refractivity contribution in [2.24, 2.45) is 14.1 Å². The summed E-state index contributed by atoms with van der Waals surface area (Å²) in [5, 5.41) is 3.83. The average molecular weight is 440 g/mol. The van der Waals surface area contributed by atoms with Crippen LogP contribution in [-0.2, 0) is 27.2 Å². The van der Waals surface area contributed by atoms with Crippen molar-refractivity contribution in [2.45, 2.75) is 13.1 Å². The fraction of sp³-hybridized carbons (Fsp3) is 0.227. The molecule has 4 rings (SSSR count). The van der Waals surface area contributed by atoms with Crippen LogP contribution in [0.1, 0.15) is 11.4 Å². The van der Waals surface area contributed by atoms with Gasteiger partial charge in [-0.15, -0.1) is 0 Å². The molecule has 9 heteroatoms. The molecule has 160 valence electrons. The number of halogens is 1. The van der Waals surface area contributed by atoms with Crippen LogP contribution in [0.25, 0.3) is 11.2 Å². The summed E-state index contributed by atoms with van der Waals surface area (Å²) in [6, 6.07) is 14.8. The first-order chi connectivity index (χ1) is 14.9. The number of anilines is 1. The first-order valence-corrected chi connectivity index (χ1v) is 10.0. The topological polar surface area (TPSA) is 83.1 Å². The predicted molar refractivity (Wildman–Crippen MR) is 121 cm³/mol. The Morgan fingerprint density at radius 2 is 1.84 bits per heavy atom. The molecule has 31 heavy (non-hydrogen) atoms. The number of fused-ring (bicyclic) bond motifs is 1. The molecule has 8 nitrogen and oxygen atoms in total. The van der Waals surface area contributed by atoms with Crippen LogP contribution in [-0.4, -0.2) is 25.8 Å². The number of hydrogen-bond acceptors (Lipinski definition) is 5. The van der Waals surface area contributed by atoms with E-state index in [1.807, 2.05) is 42.5 Å². The minimum atomic E-state index is -0.427. The third kappa shape index (κ3) is 3.82. The molecular formula is C22H22ClN5O3. The molecule has 0 aliphatic carbocycles. The normalized spacial score (nSPS) is 11.1.